The van der Waals surface area contributed by atoms with Crippen molar-refractivity contribution in [1.29, 1.82) is 0 Å². The number of methoxy groups -OCH3 is 1. The zero-order valence-corrected chi connectivity index (χ0v) is 25.1. The van der Waals surface area contributed by atoms with E-state index >= 15 is 0 Å². The van der Waals surface area contributed by atoms with Gasteiger partial charge in [-0.25, -0.2) is 9.40 Å². The second-order valence-corrected chi connectivity index (χ2v) is 10.1. The summed E-state index contributed by atoms with van der Waals surface area (Å²) >= 11 is 3.47. The number of aryl methyl sites for hydroxylation is 1. The molecule has 9 nitrogen and oxygen atoms in total. The molecule has 2 aromatic carbocycles. The van der Waals surface area contributed by atoms with Crippen molar-refractivity contribution >= 4 is 33.8 Å². The van der Waals surface area contributed by atoms with Crippen molar-refractivity contribution in [3.05, 3.63) is 63.4 Å². The monoisotopic (exact) mass is 605 g/mol. The second-order valence-electron chi connectivity index (χ2n) is 9.14. The van der Waals surface area contributed by atoms with Gasteiger partial charge in [-0.15, -0.1) is 5.10 Å². The van der Waals surface area contributed by atoms with E-state index in [0.717, 1.165) is 36.0 Å². The Bertz CT molecular complexity index is 1150. The van der Waals surface area contributed by atoms with Crippen LogP contribution in [0.15, 0.2) is 51.0 Å². The normalized spacial score (nSPS) is 12.3. The number of hydrogen-bond acceptors (Lipinski definition) is 5. The summed E-state index contributed by atoms with van der Waals surface area (Å²) < 4.78 is 21.3. The molecule has 1 amide bonds. The van der Waals surface area contributed by atoms with Crippen molar-refractivity contribution in [2.24, 2.45) is 21.6 Å². The molecule has 0 saturated carbocycles. The van der Waals surface area contributed by atoms with E-state index in [1.54, 1.807) is 20.2 Å². The number of guanidine groups is 2. The number of carbonyl (C=O) groups excluding carboxylic acids is 1. The van der Waals surface area contributed by atoms with E-state index in [2.05, 4.69) is 57.0 Å². The first-order valence-corrected chi connectivity index (χ1v) is 13.9. The molecule has 214 valence electrons. The van der Waals surface area contributed by atoms with Crippen molar-refractivity contribution in [2.75, 3.05) is 33.8 Å². The molecule has 39 heavy (non-hydrogen) atoms. The maximum atomic E-state index is 15.0. The molecule has 0 aliphatic heterocycles. The third kappa shape index (κ3) is 9.81. The fourth-order valence-corrected chi connectivity index (χ4v) is 4.85. The second kappa shape index (κ2) is 16.0. The number of carbonyl (C=O) groups is 1. The highest BCUT2D eigenvalue weighted by atomic mass is 79.9. The van der Waals surface area contributed by atoms with Gasteiger partial charge < -0.3 is 21.1 Å². The molecule has 0 spiro atoms. The molecular weight excluding hydrogens is 565 g/mol. The predicted octanol–water partition coefficient (Wildman–Crippen LogP) is 4.10. The minimum atomic E-state index is -0.501. The minimum absolute atomic E-state index is 0.174. The van der Waals surface area contributed by atoms with Crippen LogP contribution in [0.25, 0.3) is 0 Å². The number of ether oxygens (including phenoxy) is 1. The van der Waals surface area contributed by atoms with Gasteiger partial charge in [-0.05, 0) is 81.6 Å². The first-order chi connectivity index (χ1) is 18.6. The fourth-order valence-electron chi connectivity index (χ4n) is 4.44. The van der Waals surface area contributed by atoms with Crippen LogP contribution in [0.4, 0.5) is 4.39 Å². The van der Waals surface area contributed by atoms with E-state index < -0.39 is 11.7 Å². The highest BCUT2D eigenvalue weighted by Crippen LogP contribution is 2.25. The molecule has 0 bridgehead atoms. The average molecular weight is 607 g/mol. The molecule has 0 saturated heterocycles. The lowest BCUT2D eigenvalue weighted by Gasteiger charge is -2.26. The Kier molecular flexibility index (Phi) is 13.2. The molecule has 5 N–H and O–H groups in total. The van der Waals surface area contributed by atoms with Crippen molar-refractivity contribution < 1.29 is 13.9 Å². The van der Waals surface area contributed by atoms with Gasteiger partial charge in [0.25, 0.3) is 5.91 Å². The summed E-state index contributed by atoms with van der Waals surface area (Å²) in [6, 6.07) is 10.5. The van der Waals surface area contributed by atoms with Crippen LogP contribution in [0, 0.1) is 5.82 Å². The van der Waals surface area contributed by atoms with E-state index in [9.17, 15) is 9.18 Å². The lowest BCUT2D eigenvalue weighted by molar-refractivity contribution is 0.0971. The van der Waals surface area contributed by atoms with Crippen LogP contribution in [0.2, 0.25) is 0 Å². The number of halogens is 2. The van der Waals surface area contributed by atoms with Crippen molar-refractivity contribution in [3.8, 4) is 5.75 Å². The van der Waals surface area contributed by atoms with Crippen LogP contribution in [-0.4, -0.2) is 67.6 Å². The number of amides is 1. The molecule has 0 aromatic heterocycles. The topological polar surface area (TPSA) is 122 Å². The lowest BCUT2D eigenvalue weighted by Crippen LogP contribution is -2.42. The molecule has 11 heteroatoms. The Balaban J connectivity index is 2.23. The zero-order valence-electron chi connectivity index (χ0n) is 23.5. The molecule has 0 aliphatic rings. The van der Waals surface area contributed by atoms with Crippen LogP contribution >= 0.6 is 15.9 Å². The lowest BCUT2D eigenvalue weighted by atomic mass is 9.98. The fraction of sp³-hybridized carbons (Fsp3) is 0.464. The number of rotatable bonds is 13. The number of nitrogens with two attached hydrogens (primary N) is 2. The first kappa shape index (κ1) is 32.0. The maximum Gasteiger partial charge on any atom is 0.258 e. The first-order valence-electron chi connectivity index (χ1n) is 13.1. The number of hydrazone groups is 1. The van der Waals surface area contributed by atoms with E-state index in [1.807, 2.05) is 18.2 Å². The summed E-state index contributed by atoms with van der Waals surface area (Å²) in [6.07, 6.45) is 2.53. The molecule has 0 aliphatic carbocycles. The van der Waals surface area contributed by atoms with Gasteiger partial charge in [-0.2, -0.15) is 0 Å². The third-order valence-electron chi connectivity index (χ3n) is 6.52. The predicted molar refractivity (Wildman–Crippen MR) is 159 cm³/mol. The Hall–Kier alpha value is -3.18. The summed E-state index contributed by atoms with van der Waals surface area (Å²) in [6.45, 7) is 8.92. The number of aliphatic imine (C=N–C) groups is 1. The van der Waals surface area contributed by atoms with E-state index in [1.165, 1.54) is 17.1 Å². The zero-order chi connectivity index (χ0) is 28.9. The van der Waals surface area contributed by atoms with Crippen LogP contribution < -0.4 is 21.5 Å². The molecule has 2 aromatic rings. The number of nitrogens with zero attached hydrogens (tertiary/aromatic N) is 4. The van der Waals surface area contributed by atoms with Gasteiger partial charge in [-0.1, -0.05) is 35.8 Å². The van der Waals surface area contributed by atoms with Gasteiger partial charge in [-0.3, -0.25) is 15.1 Å². The molecule has 1 unspecified atom stereocenters. The third-order valence-corrected chi connectivity index (χ3v) is 7.02. The van der Waals surface area contributed by atoms with Crippen molar-refractivity contribution in [1.82, 2.24) is 15.2 Å². The molecule has 1 atom stereocenters. The maximum absolute atomic E-state index is 15.0. The van der Waals surface area contributed by atoms with E-state index in [-0.39, 0.29) is 17.5 Å². The molecule has 2 rings (SSSR count). The molecule has 0 fully saturated rings. The molecule has 0 radical (unpaired) electrons. The van der Waals surface area contributed by atoms with Gasteiger partial charge in [0.2, 0.25) is 11.9 Å². The Morgan fingerprint density at radius 3 is 2.54 bits per heavy atom. The van der Waals surface area contributed by atoms with Crippen molar-refractivity contribution in [3.63, 3.8) is 0 Å². The average Bonchev–Trinajstić information content (AvgIpc) is 2.89. The summed E-state index contributed by atoms with van der Waals surface area (Å²) in [7, 11) is 3.18. The standard InChI is InChI=1S/C28H41BrFN7O2/c1-6-37(7-2)19(3)10-9-17-33-28(36(4)35-27(31)32)34-26(38)23-11-8-12-24(30)22(23)15-13-20-18-21(29)14-16-25(20)39-5/h8,11-12,14,16,18-19H,6-7,9-10,13,15,17H2,1-5H3,(H4,31,32,35)(H,33,34,38). The molecular formula is C28H41BrFN7O2. The quantitative estimate of drug-likeness (QED) is 0.137. The Morgan fingerprint density at radius 1 is 1.18 bits per heavy atom. The van der Waals surface area contributed by atoms with Crippen LogP contribution in [0.3, 0.4) is 0 Å². The number of nitrogens with one attached hydrogen (secondary N) is 1. The van der Waals surface area contributed by atoms with Gasteiger partial charge in [0.15, 0.2) is 0 Å². The summed E-state index contributed by atoms with van der Waals surface area (Å²) in [4.78, 5) is 20.3. The van der Waals surface area contributed by atoms with Crippen LogP contribution in [-0.2, 0) is 12.8 Å². The summed E-state index contributed by atoms with van der Waals surface area (Å²) in [5, 5.41) is 8.09. The highest BCUT2D eigenvalue weighted by molar-refractivity contribution is 9.10. The largest absolute Gasteiger partial charge is 0.496 e. The smallest absolute Gasteiger partial charge is 0.258 e. The Morgan fingerprint density at radius 2 is 1.90 bits per heavy atom. The van der Waals surface area contributed by atoms with Gasteiger partial charge in [0.1, 0.15) is 11.6 Å². The SMILES string of the molecule is CCN(CC)C(C)CCCN=C(NC(=O)c1cccc(F)c1CCc1cc(Br)ccc1OC)N(C)N=C(N)N. The van der Waals surface area contributed by atoms with Crippen LogP contribution in [0.1, 0.15) is 55.1 Å². The van der Waals surface area contributed by atoms with Crippen LogP contribution in [0.5, 0.6) is 5.75 Å². The van der Waals surface area contributed by atoms with Gasteiger partial charge in [0, 0.05) is 35.2 Å². The minimum Gasteiger partial charge on any atom is -0.496 e. The number of hydrogen-bond donors (Lipinski definition) is 3. The van der Waals surface area contributed by atoms with E-state index in [4.69, 9.17) is 16.2 Å². The Labute approximate surface area is 239 Å². The van der Waals surface area contributed by atoms with Gasteiger partial charge >= 0.3 is 0 Å². The molecule has 0 heterocycles. The number of benzene rings is 2. The van der Waals surface area contributed by atoms with Crippen molar-refractivity contribution in [2.45, 2.75) is 52.5 Å². The summed E-state index contributed by atoms with van der Waals surface area (Å²) in [5.74, 6) is -0.266. The summed E-state index contributed by atoms with van der Waals surface area (Å²) in [5.41, 5.74) is 12.5. The highest BCUT2D eigenvalue weighted by Gasteiger charge is 2.19. The van der Waals surface area contributed by atoms with Gasteiger partial charge in [0.05, 0.1) is 7.11 Å². The van der Waals surface area contributed by atoms with E-state index in [0.29, 0.717) is 36.7 Å².